The van der Waals surface area contributed by atoms with Gasteiger partial charge in [0.2, 0.25) is 5.76 Å². The number of carbonyl (C=O) groups is 2. The largest absolute Gasteiger partial charge is 0.479 e. The van der Waals surface area contributed by atoms with Crippen molar-refractivity contribution in [3.8, 4) is 11.1 Å². The number of benzene rings is 2. The predicted octanol–water partition coefficient (Wildman–Crippen LogP) is 4.37. The standard InChI is InChI=1S/C25H27ClN2O5/c1-15(2)10-21-14-23(33-28-21)24(30)27-20(13-22(29)25(31)32)11-16-6-8-17(9-7-16)18-4-3-5-19(26)12-18/h3-9,12,14-15,20,22,29H,10-11,13H2,1-2H3,(H,27,30)(H,31,32). The van der Waals surface area contributed by atoms with Gasteiger partial charge in [0.25, 0.3) is 5.91 Å². The van der Waals surface area contributed by atoms with Crippen LogP contribution in [0, 0.1) is 5.92 Å². The lowest BCUT2D eigenvalue weighted by molar-refractivity contribution is -0.147. The van der Waals surface area contributed by atoms with Crippen molar-refractivity contribution in [2.75, 3.05) is 0 Å². The Morgan fingerprint density at radius 3 is 2.42 bits per heavy atom. The third-order valence-electron chi connectivity index (χ3n) is 5.12. The van der Waals surface area contributed by atoms with Gasteiger partial charge in [-0.2, -0.15) is 0 Å². The highest BCUT2D eigenvalue weighted by atomic mass is 35.5. The molecule has 8 heteroatoms. The van der Waals surface area contributed by atoms with Crippen molar-refractivity contribution in [1.29, 1.82) is 0 Å². The Balaban J connectivity index is 1.73. The van der Waals surface area contributed by atoms with Gasteiger partial charge in [0.1, 0.15) is 0 Å². The van der Waals surface area contributed by atoms with Gasteiger partial charge >= 0.3 is 5.97 Å². The first-order valence-electron chi connectivity index (χ1n) is 10.7. The number of nitrogens with one attached hydrogen (secondary N) is 1. The number of carboxylic acid groups (broad SMARTS) is 1. The molecule has 33 heavy (non-hydrogen) atoms. The molecule has 2 aromatic carbocycles. The van der Waals surface area contributed by atoms with Crippen LogP contribution >= 0.6 is 11.6 Å². The predicted molar refractivity (Wildman–Crippen MR) is 125 cm³/mol. The number of amides is 1. The average molecular weight is 471 g/mol. The average Bonchev–Trinajstić information content (AvgIpc) is 3.22. The highest BCUT2D eigenvalue weighted by Gasteiger charge is 2.24. The van der Waals surface area contributed by atoms with Crippen LogP contribution in [0.15, 0.2) is 59.1 Å². The summed E-state index contributed by atoms with van der Waals surface area (Å²) in [4.78, 5) is 23.9. The van der Waals surface area contributed by atoms with Gasteiger partial charge in [-0.3, -0.25) is 4.79 Å². The molecule has 2 unspecified atom stereocenters. The fourth-order valence-electron chi connectivity index (χ4n) is 3.54. The van der Waals surface area contributed by atoms with E-state index in [1.807, 2.05) is 56.3 Å². The van der Waals surface area contributed by atoms with Crippen molar-refractivity contribution in [1.82, 2.24) is 10.5 Å². The number of carbonyl (C=O) groups excluding carboxylic acids is 1. The Hall–Kier alpha value is -3.16. The normalized spacial score (nSPS) is 13.0. The molecular formula is C25H27ClN2O5. The van der Waals surface area contributed by atoms with E-state index in [0.717, 1.165) is 16.7 Å². The molecule has 0 aliphatic carbocycles. The zero-order valence-corrected chi connectivity index (χ0v) is 19.2. The maximum absolute atomic E-state index is 12.7. The van der Waals surface area contributed by atoms with Gasteiger partial charge < -0.3 is 20.1 Å². The van der Waals surface area contributed by atoms with E-state index in [1.165, 1.54) is 0 Å². The topological polar surface area (TPSA) is 113 Å². The molecule has 7 nitrogen and oxygen atoms in total. The number of hydrogen-bond donors (Lipinski definition) is 3. The Labute approximate surface area is 197 Å². The second-order valence-electron chi connectivity index (χ2n) is 8.45. The Bertz CT molecular complexity index is 1090. The minimum atomic E-state index is -1.60. The Kier molecular flexibility index (Phi) is 8.25. The molecule has 174 valence electrons. The molecule has 1 aromatic heterocycles. The summed E-state index contributed by atoms with van der Waals surface area (Å²) in [6.07, 6.45) is -0.743. The molecule has 1 amide bonds. The first-order chi connectivity index (χ1) is 15.7. The summed E-state index contributed by atoms with van der Waals surface area (Å²) >= 11 is 6.07. The third-order valence-corrected chi connectivity index (χ3v) is 5.36. The maximum atomic E-state index is 12.7. The van der Waals surface area contributed by atoms with Gasteiger partial charge in [0.05, 0.1) is 5.69 Å². The van der Waals surface area contributed by atoms with Crippen molar-refractivity contribution in [2.24, 2.45) is 5.92 Å². The van der Waals surface area contributed by atoms with Crippen LogP contribution in [0.1, 0.15) is 42.1 Å². The van der Waals surface area contributed by atoms with Gasteiger partial charge in [-0.1, -0.05) is 67.0 Å². The van der Waals surface area contributed by atoms with Gasteiger partial charge in [0, 0.05) is 23.6 Å². The Morgan fingerprint density at radius 2 is 1.79 bits per heavy atom. The van der Waals surface area contributed by atoms with Crippen molar-refractivity contribution >= 4 is 23.5 Å². The van der Waals surface area contributed by atoms with Crippen molar-refractivity contribution < 1.29 is 24.3 Å². The van der Waals surface area contributed by atoms with Gasteiger partial charge in [-0.05, 0) is 47.6 Å². The number of rotatable bonds is 10. The summed E-state index contributed by atoms with van der Waals surface area (Å²) in [6.45, 7) is 4.07. The molecular weight excluding hydrogens is 444 g/mol. The van der Waals surface area contributed by atoms with Crippen LogP contribution in [-0.4, -0.2) is 39.4 Å². The molecule has 1 heterocycles. The lowest BCUT2D eigenvalue weighted by atomic mass is 9.97. The molecule has 0 saturated heterocycles. The van der Waals surface area contributed by atoms with E-state index in [2.05, 4.69) is 10.5 Å². The second kappa shape index (κ2) is 11.1. The monoisotopic (exact) mass is 470 g/mol. The molecule has 0 aliphatic heterocycles. The second-order valence-corrected chi connectivity index (χ2v) is 8.89. The van der Waals surface area contributed by atoms with Crippen LogP contribution in [0.3, 0.4) is 0 Å². The van der Waals surface area contributed by atoms with Crippen LogP contribution in [0.4, 0.5) is 0 Å². The number of aliphatic hydroxyl groups excluding tert-OH is 1. The summed E-state index contributed by atoms with van der Waals surface area (Å²) in [5.41, 5.74) is 3.50. The molecule has 0 spiro atoms. The van der Waals surface area contributed by atoms with Crippen LogP contribution in [0.25, 0.3) is 11.1 Å². The van der Waals surface area contributed by atoms with Gasteiger partial charge in [0.15, 0.2) is 6.10 Å². The molecule has 0 radical (unpaired) electrons. The van der Waals surface area contributed by atoms with Crippen LogP contribution in [0.5, 0.6) is 0 Å². The number of nitrogens with zero attached hydrogens (tertiary/aromatic N) is 1. The summed E-state index contributed by atoms with van der Waals surface area (Å²) in [5, 5.41) is 26.3. The van der Waals surface area contributed by atoms with Crippen molar-refractivity contribution in [2.45, 2.75) is 45.3 Å². The molecule has 0 bridgehead atoms. The van der Waals surface area contributed by atoms with Crippen LogP contribution in [-0.2, 0) is 17.6 Å². The highest BCUT2D eigenvalue weighted by Crippen LogP contribution is 2.23. The van der Waals surface area contributed by atoms with E-state index in [0.29, 0.717) is 29.5 Å². The van der Waals surface area contributed by atoms with Gasteiger partial charge in [-0.15, -0.1) is 0 Å². The van der Waals surface area contributed by atoms with Gasteiger partial charge in [-0.25, -0.2) is 4.79 Å². The number of carboxylic acids is 1. The maximum Gasteiger partial charge on any atom is 0.332 e. The summed E-state index contributed by atoms with van der Waals surface area (Å²) in [7, 11) is 0. The zero-order valence-electron chi connectivity index (χ0n) is 18.5. The molecule has 0 aliphatic rings. The number of aliphatic carboxylic acids is 1. The van der Waals surface area contributed by atoms with E-state index in [1.54, 1.807) is 12.1 Å². The number of hydrogen-bond acceptors (Lipinski definition) is 5. The Morgan fingerprint density at radius 1 is 1.06 bits per heavy atom. The van der Waals surface area contributed by atoms with E-state index >= 15 is 0 Å². The van der Waals surface area contributed by atoms with Crippen LogP contribution in [0.2, 0.25) is 5.02 Å². The van der Waals surface area contributed by atoms with E-state index in [9.17, 15) is 14.7 Å². The molecule has 0 saturated carbocycles. The number of aliphatic hydroxyl groups is 1. The lowest BCUT2D eigenvalue weighted by Gasteiger charge is -2.20. The third kappa shape index (κ3) is 7.17. The number of halogens is 1. The summed E-state index contributed by atoms with van der Waals surface area (Å²) in [6, 6.07) is 16.1. The highest BCUT2D eigenvalue weighted by molar-refractivity contribution is 6.30. The van der Waals surface area contributed by atoms with Crippen LogP contribution < -0.4 is 5.32 Å². The minimum absolute atomic E-state index is 0.0526. The quantitative estimate of drug-likeness (QED) is 0.405. The summed E-state index contributed by atoms with van der Waals surface area (Å²) in [5.74, 6) is -1.43. The first kappa shape index (κ1) is 24.5. The molecule has 0 fully saturated rings. The molecule has 3 N–H and O–H groups in total. The fourth-order valence-corrected chi connectivity index (χ4v) is 3.73. The van der Waals surface area contributed by atoms with Crippen molar-refractivity contribution in [3.05, 3.63) is 76.6 Å². The molecule has 3 rings (SSSR count). The first-order valence-corrected chi connectivity index (χ1v) is 11.1. The van der Waals surface area contributed by atoms with E-state index < -0.39 is 24.0 Å². The fraction of sp³-hybridized carbons (Fsp3) is 0.320. The SMILES string of the molecule is CC(C)Cc1cc(C(=O)NC(Cc2ccc(-c3cccc(Cl)c3)cc2)CC(O)C(=O)O)on1. The molecule has 3 aromatic rings. The summed E-state index contributed by atoms with van der Waals surface area (Å²) < 4.78 is 5.15. The lowest BCUT2D eigenvalue weighted by Crippen LogP contribution is -2.40. The minimum Gasteiger partial charge on any atom is -0.479 e. The van der Waals surface area contributed by atoms with E-state index in [-0.39, 0.29) is 12.2 Å². The zero-order chi connectivity index (χ0) is 24.0. The number of aromatic nitrogens is 1. The van der Waals surface area contributed by atoms with E-state index in [4.69, 9.17) is 21.2 Å². The molecule has 2 atom stereocenters. The van der Waals surface area contributed by atoms with Crippen molar-refractivity contribution in [3.63, 3.8) is 0 Å². The smallest absolute Gasteiger partial charge is 0.332 e.